The van der Waals surface area contributed by atoms with Gasteiger partial charge in [-0.3, -0.25) is 9.78 Å². The van der Waals surface area contributed by atoms with Crippen molar-refractivity contribution in [1.29, 1.82) is 0 Å². The Bertz CT molecular complexity index is 374. The molecule has 1 amide bonds. The first-order valence-corrected chi connectivity index (χ1v) is 5.19. The lowest BCUT2D eigenvalue weighted by atomic mass is 10.2. The maximum Gasteiger partial charge on any atom is 0.255 e. The Morgan fingerprint density at radius 1 is 1.67 bits per heavy atom. The summed E-state index contributed by atoms with van der Waals surface area (Å²) in [6, 6.07) is 1.87. The van der Waals surface area contributed by atoms with Crippen LogP contribution in [0.15, 0.2) is 18.5 Å². The Morgan fingerprint density at radius 3 is 3.00 bits per heavy atom. The fourth-order valence-electron chi connectivity index (χ4n) is 1.59. The predicted octanol–water partition coefficient (Wildman–Crippen LogP) is 1.19. The van der Waals surface area contributed by atoms with Gasteiger partial charge in [-0.05, 0) is 31.7 Å². The summed E-state index contributed by atoms with van der Waals surface area (Å²) in [5, 5.41) is 2.94. The molecule has 80 valence electrons. The van der Waals surface area contributed by atoms with Gasteiger partial charge in [0.05, 0.1) is 5.56 Å². The number of carbonyl (C=O) groups is 1. The summed E-state index contributed by atoms with van der Waals surface area (Å²) in [6.07, 6.45) is 5.51. The van der Waals surface area contributed by atoms with E-state index in [1.54, 1.807) is 12.3 Å². The highest BCUT2D eigenvalue weighted by molar-refractivity contribution is 5.98. The van der Waals surface area contributed by atoms with E-state index >= 15 is 0 Å². The molecule has 1 aromatic heterocycles. The zero-order chi connectivity index (χ0) is 10.8. The predicted molar refractivity (Wildman–Crippen MR) is 58.3 cm³/mol. The van der Waals surface area contributed by atoms with Crippen LogP contribution in [0.3, 0.4) is 0 Å². The smallest absolute Gasteiger partial charge is 0.255 e. The number of pyridine rings is 1. The standard InChI is InChI=1S/C11H15N3O/c1-7(8-2-3-8)14-11(15)9-6-13-5-4-10(9)12/h4-8H,2-3H2,1H3,(H2,12,13)(H,14,15). The summed E-state index contributed by atoms with van der Waals surface area (Å²) in [7, 11) is 0. The summed E-state index contributed by atoms with van der Waals surface area (Å²) in [5.41, 5.74) is 6.63. The molecule has 1 fully saturated rings. The number of hydrogen-bond donors (Lipinski definition) is 2. The molecule has 0 aromatic carbocycles. The first-order valence-electron chi connectivity index (χ1n) is 5.19. The monoisotopic (exact) mass is 205 g/mol. The van der Waals surface area contributed by atoms with Crippen molar-refractivity contribution in [3.8, 4) is 0 Å². The van der Waals surface area contributed by atoms with Crippen LogP contribution in [-0.2, 0) is 0 Å². The van der Waals surface area contributed by atoms with Crippen molar-refractivity contribution in [2.75, 3.05) is 5.73 Å². The summed E-state index contributed by atoms with van der Waals surface area (Å²) in [5.74, 6) is 0.520. The van der Waals surface area contributed by atoms with E-state index in [-0.39, 0.29) is 11.9 Å². The van der Waals surface area contributed by atoms with E-state index in [9.17, 15) is 4.79 Å². The van der Waals surface area contributed by atoms with Crippen molar-refractivity contribution < 1.29 is 4.79 Å². The minimum Gasteiger partial charge on any atom is -0.398 e. The van der Waals surface area contributed by atoms with Crippen LogP contribution in [0.25, 0.3) is 0 Å². The van der Waals surface area contributed by atoms with Crippen LogP contribution in [-0.4, -0.2) is 16.9 Å². The molecule has 0 saturated heterocycles. The molecule has 1 saturated carbocycles. The highest BCUT2D eigenvalue weighted by Gasteiger charge is 2.29. The highest BCUT2D eigenvalue weighted by atomic mass is 16.1. The van der Waals surface area contributed by atoms with Gasteiger partial charge in [-0.2, -0.15) is 0 Å². The minimum absolute atomic E-state index is 0.125. The van der Waals surface area contributed by atoms with Crippen LogP contribution in [0.4, 0.5) is 5.69 Å². The Kier molecular flexibility index (Phi) is 2.58. The second-order valence-electron chi connectivity index (χ2n) is 4.06. The maximum atomic E-state index is 11.8. The number of rotatable bonds is 3. The van der Waals surface area contributed by atoms with Gasteiger partial charge in [0.2, 0.25) is 0 Å². The third-order valence-electron chi connectivity index (χ3n) is 2.79. The lowest BCUT2D eigenvalue weighted by Gasteiger charge is -2.13. The van der Waals surface area contributed by atoms with E-state index in [0.29, 0.717) is 17.2 Å². The minimum atomic E-state index is -0.125. The number of hydrogen-bond acceptors (Lipinski definition) is 3. The van der Waals surface area contributed by atoms with Gasteiger partial charge in [0.25, 0.3) is 5.91 Å². The quantitative estimate of drug-likeness (QED) is 0.778. The first kappa shape index (κ1) is 9.96. The van der Waals surface area contributed by atoms with E-state index in [2.05, 4.69) is 10.3 Å². The molecule has 1 aliphatic rings. The fraction of sp³-hybridized carbons (Fsp3) is 0.455. The van der Waals surface area contributed by atoms with Gasteiger partial charge < -0.3 is 11.1 Å². The first-order chi connectivity index (χ1) is 7.18. The maximum absolute atomic E-state index is 11.8. The topological polar surface area (TPSA) is 68.0 Å². The molecule has 2 rings (SSSR count). The summed E-state index contributed by atoms with van der Waals surface area (Å²) >= 11 is 0. The molecule has 1 aliphatic carbocycles. The molecule has 0 spiro atoms. The molecule has 1 aromatic rings. The zero-order valence-electron chi connectivity index (χ0n) is 8.73. The van der Waals surface area contributed by atoms with Crippen LogP contribution >= 0.6 is 0 Å². The fourth-order valence-corrected chi connectivity index (χ4v) is 1.59. The molecule has 0 aliphatic heterocycles. The molecular formula is C11H15N3O. The van der Waals surface area contributed by atoms with Crippen molar-refractivity contribution in [1.82, 2.24) is 10.3 Å². The van der Waals surface area contributed by atoms with Crippen molar-refractivity contribution in [3.63, 3.8) is 0 Å². The van der Waals surface area contributed by atoms with Crippen LogP contribution < -0.4 is 11.1 Å². The summed E-state index contributed by atoms with van der Waals surface area (Å²) in [4.78, 5) is 15.7. The summed E-state index contributed by atoms with van der Waals surface area (Å²) in [6.45, 7) is 2.03. The Labute approximate surface area is 88.9 Å². The van der Waals surface area contributed by atoms with Crippen molar-refractivity contribution in [3.05, 3.63) is 24.0 Å². The second kappa shape index (κ2) is 3.88. The number of nitrogen functional groups attached to an aromatic ring is 1. The number of nitrogens with one attached hydrogen (secondary N) is 1. The van der Waals surface area contributed by atoms with E-state index in [1.165, 1.54) is 19.0 Å². The number of aromatic nitrogens is 1. The second-order valence-corrected chi connectivity index (χ2v) is 4.06. The third kappa shape index (κ3) is 2.26. The third-order valence-corrected chi connectivity index (χ3v) is 2.79. The number of nitrogens with zero attached hydrogens (tertiary/aromatic N) is 1. The summed E-state index contributed by atoms with van der Waals surface area (Å²) < 4.78 is 0. The van der Waals surface area contributed by atoms with Crippen LogP contribution in [0, 0.1) is 5.92 Å². The molecule has 1 atom stereocenters. The lowest BCUT2D eigenvalue weighted by molar-refractivity contribution is 0.0936. The number of nitrogens with two attached hydrogens (primary N) is 1. The Hall–Kier alpha value is -1.58. The van der Waals surface area contributed by atoms with Gasteiger partial charge in [-0.25, -0.2) is 0 Å². The van der Waals surface area contributed by atoms with E-state index in [4.69, 9.17) is 5.73 Å². The molecule has 0 radical (unpaired) electrons. The Balaban J connectivity index is 2.04. The number of amides is 1. The van der Waals surface area contributed by atoms with Crippen LogP contribution in [0.5, 0.6) is 0 Å². The molecule has 4 nitrogen and oxygen atoms in total. The molecule has 0 bridgehead atoms. The highest BCUT2D eigenvalue weighted by Crippen LogP contribution is 2.32. The largest absolute Gasteiger partial charge is 0.398 e. The van der Waals surface area contributed by atoms with Gasteiger partial charge in [-0.1, -0.05) is 0 Å². The van der Waals surface area contributed by atoms with E-state index in [0.717, 1.165) is 0 Å². The van der Waals surface area contributed by atoms with Gasteiger partial charge in [-0.15, -0.1) is 0 Å². The van der Waals surface area contributed by atoms with Gasteiger partial charge >= 0.3 is 0 Å². The van der Waals surface area contributed by atoms with Gasteiger partial charge in [0.1, 0.15) is 0 Å². The van der Waals surface area contributed by atoms with E-state index < -0.39 is 0 Å². The molecule has 1 heterocycles. The normalized spacial score (nSPS) is 17.1. The molecule has 15 heavy (non-hydrogen) atoms. The Morgan fingerprint density at radius 2 is 2.40 bits per heavy atom. The van der Waals surface area contributed by atoms with Crippen molar-refractivity contribution in [2.45, 2.75) is 25.8 Å². The van der Waals surface area contributed by atoms with E-state index in [1.807, 2.05) is 6.92 Å². The molecular weight excluding hydrogens is 190 g/mol. The SMILES string of the molecule is CC(NC(=O)c1cnccc1N)C1CC1. The zero-order valence-corrected chi connectivity index (χ0v) is 8.73. The average Bonchev–Trinajstić information content (AvgIpc) is 3.01. The average molecular weight is 205 g/mol. The van der Waals surface area contributed by atoms with Crippen molar-refractivity contribution in [2.24, 2.45) is 5.92 Å². The number of anilines is 1. The van der Waals surface area contributed by atoms with Crippen LogP contribution in [0.2, 0.25) is 0 Å². The van der Waals surface area contributed by atoms with Crippen molar-refractivity contribution >= 4 is 11.6 Å². The number of carbonyl (C=O) groups excluding carboxylic acids is 1. The molecule has 1 unspecified atom stereocenters. The van der Waals surface area contributed by atoms with Crippen LogP contribution in [0.1, 0.15) is 30.1 Å². The van der Waals surface area contributed by atoms with Gasteiger partial charge in [0.15, 0.2) is 0 Å². The lowest BCUT2D eigenvalue weighted by Crippen LogP contribution is -2.34. The molecule has 4 heteroatoms. The van der Waals surface area contributed by atoms with Gasteiger partial charge in [0, 0.05) is 24.1 Å². The molecule has 3 N–H and O–H groups in total.